The van der Waals surface area contributed by atoms with Crippen molar-refractivity contribution < 1.29 is 4.79 Å². The van der Waals surface area contributed by atoms with Gasteiger partial charge in [0.2, 0.25) is 5.91 Å². The third-order valence-corrected chi connectivity index (χ3v) is 3.00. The molecule has 2 aromatic rings. The number of imidazole rings is 1. The van der Waals surface area contributed by atoms with Crippen molar-refractivity contribution in [2.24, 2.45) is 5.73 Å². The van der Waals surface area contributed by atoms with Gasteiger partial charge in [0.05, 0.1) is 12.5 Å². The maximum absolute atomic E-state index is 12.0. The Labute approximate surface area is 112 Å². The summed E-state index contributed by atoms with van der Waals surface area (Å²) < 4.78 is 0. The van der Waals surface area contributed by atoms with Gasteiger partial charge in [-0.3, -0.25) is 4.79 Å². The van der Waals surface area contributed by atoms with Crippen LogP contribution in [0.3, 0.4) is 0 Å². The second-order valence-corrected chi connectivity index (χ2v) is 4.41. The molecule has 4 N–H and O–H groups in total. The van der Waals surface area contributed by atoms with E-state index in [-0.39, 0.29) is 11.9 Å². The molecule has 2 rings (SSSR count). The van der Waals surface area contributed by atoms with Crippen molar-refractivity contribution in [3.63, 3.8) is 0 Å². The number of amides is 1. The Morgan fingerprint density at radius 1 is 1.42 bits per heavy atom. The monoisotopic (exact) mass is 258 g/mol. The lowest BCUT2D eigenvalue weighted by Gasteiger charge is -2.12. The Balaban J connectivity index is 1.98. The minimum atomic E-state index is -0.132. The summed E-state index contributed by atoms with van der Waals surface area (Å²) in [5.74, 6) is 0.713. The first-order chi connectivity index (χ1) is 9.20. The molecule has 0 radical (unpaired) electrons. The van der Waals surface area contributed by atoms with Gasteiger partial charge in [-0.15, -0.1) is 0 Å². The average molecular weight is 258 g/mol. The van der Waals surface area contributed by atoms with E-state index >= 15 is 0 Å². The predicted octanol–water partition coefficient (Wildman–Crippen LogP) is 1.29. The number of carbonyl (C=O) groups is 1. The van der Waals surface area contributed by atoms with Crippen LogP contribution in [0.1, 0.15) is 29.9 Å². The molecular weight excluding hydrogens is 240 g/mol. The third kappa shape index (κ3) is 3.42. The quantitative estimate of drug-likeness (QED) is 0.755. The van der Waals surface area contributed by atoms with Gasteiger partial charge in [0, 0.05) is 18.9 Å². The molecule has 1 aromatic carbocycles. The lowest BCUT2D eigenvalue weighted by Crippen LogP contribution is -2.29. The highest BCUT2D eigenvalue weighted by atomic mass is 16.1. The molecule has 5 heteroatoms. The zero-order chi connectivity index (χ0) is 13.7. The van der Waals surface area contributed by atoms with E-state index in [9.17, 15) is 4.79 Å². The molecule has 0 aliphatic carbocycles. The van der Waals surface area contributed by atoms with Crippen molar-refractivity contribution in [1.29, 1.82) is 0 Å². The number of nitrogens with zero attached hydrogens (tertiary/aromatic N) is 1. The van der Waals surface area contributed by atoms with E-state index < -0.39 is 0 Å². The molecule has 1 atom stereocenters. The summed E-state index contributed by atoms with van der Waals surface area (Å²) in [4.78, 5) is 19.1. The minimum Gasteiger partial charge on any atom is -0.347 e. The Bertz CT molecular complexity index is 536. The first-order valence-electron chi connectivity index (χ1n) is 6.26. The van der Waals surface area contributed by atoms with Crippen LogP contribution in [0.2, 0.25) is 0 Å². The smallest absolute Gasteiger partial charge is 0.225 e. The third-order valence-electron chi connectivity index (χ3n) is 3.00. The van der Waals surface area contributed by atoms with Gasteiger partial charge >= 0.3 is 0 Å². The molecule has 0 saturated carbocycles. The molecule has 100 valence electrons. The van der Waals surface area contributed by atoms with Crippen LogP contribution in [0, 0.1) is 0 Å². The van der Waals surface area contributed by atoms with E-state index in [1.807, 2.05) is 31.2 Å². The van der Waals surface area contributed by atoms with Crippen LogP contribution >= 0.6 is 0 Å². The van der Waals surface area contributed by atoms with Gasteiger partial charge in [-0.1, -0.05) is 24.3 Å². The van der Waals surface area contributed by atoms with Crippen LogP contribution < -0.4 is 11.1 Å². The number of benzene rings is 1. The molecule has 1 unspecified atom stereocenters. The molecule has 19 heavy (non-hydrogen) atoms. The highest BCUT2D eigenvalue weighted by molar-refractivity contribution is 5.79. The molecule has 0 saturated heterocycles. The molecule has 0 fully saturated rings. The first-order valence-corrected chi connectivity index (χ1v) is 6.26. The van der Waals surface area contributed by atoms with E-state index in [1.54, 1.807) is 12.4 Å². The van der Waals surface area contributed by atoms with E-state index in [4.69, 9.17) is 5.73 Å². The van der Waals surface area contributed by atoms with Gasteiger partial charge in [0.15, 0.2) is 0 Å². The van der Waals surface area contributed by atoms with Crippen molar-refractivity contribution in [3.8, 4) is 0 Å². The summed E-state index contributed by atoms with van der Waals surface area (Å²) in [6.07, 6.45) is 3.74. The normalized spacial score (nSPS) is 12.1. The number of hydrogen-bond acceptors (Lipinski definition) is 3. The molecule has 1 amide bonds. The van der Waals surface area contributed by atoms with Crippen molar-refractivity contribution in [2.75, 3.05) is 0 Å². The molecule has 1 heterocycles. The molecule has 0 spiro atoms. The van der Waals surface area contributed by atoms with Crippen LogP contribution in [-0.4, -0.2) is 15.9 Å². The van der Waals surface area contributed by atoms with Crippen LogP contribution in [0.15, 0.2) is 36.7 Å². The second kappa shape index (κ2) is 6.15. The van der Waals surface area contributed by atoms with Crippen LogP contribution in [0.25, 0.3) is 0 Å². The number of rotatable bonds is 5. The van der Waals surface area contributed by atoms with Gasteiger partial charge in [0.25, 0.3) is 0 Å². The maximum Gasteiger partial charge on any atom is 0.225 e. The van der Waals surface area contributed by atoms with E-state index in [1.165, 1.54) is 0 Å². The van der Waals surface area contributed by atoms with Gasteiger partial charge in [-0.05, 0) is 18.1 Å². The van der Waals surface area contributed by atoms with Crippen molar-refractivity contribution in [1.82, 2.24) is 15.3 Å². The molecule has 0 aliphatic heterocycles. The van der Waals surface area contributed by atoms with E-state index in [0.717, 1.165) is 17.0 Å². The number of nitrogens with one attached hydrogen (secondary N) is 2. The lowest BCUT2D eigenvalue weighted by atomic mass is 10.0. The van der Waals surface area contributed by atoms with Gasteiger partial charge in [-0.25, -0.2) is 4.98 Å². The standard InChI is InChI=1S/C14H18N4O/c1-10(14-16-6-7-17-14)18-13(19)8-11-4-2-3-5-12(11)9-15/h2-7,10H,8-9,15H2,1H3,(H,16,17)(H,18,19). The Kier molecular flexibility index (Phi) is 4.30. The summed E-state index contributed by atoms with van der Waals surface area (Å²) in [5.41, 5.74) is 7.63. The van der Waals surface area contributed by atoms with Crippen molar-refractivity contribution in [2.45, 2.75) is 25.9 Å². The number of H-pyrrole nitrogens is 1. The predicted molar refractivity (Wildman–Crippen MR) is 73.2 cm³/mol. The lowest BCUT2D eigenvalue weighted by molar-refractivity contribution is -0.121. The second-order valence-electron chi connectivity index (χ2n) is 4.41. The molecule has 5 nitrogen and oxygen atoms in total. The Morgan fingerprint density at radius 2 is 2.16 bits per heavy atom. The zero-order valence-corrected chi connectivity index (χ0v) is 10.9. The summed E-state index contributed by atoms with van der Waals surface area (Å²) in [6.45, 7) is 2.34. The van der Waals surface area contributed by atoms with Crippen molar-refractivity contribution >= 4 is 5.91 Å². The molecular formula is C14H18N4O. The summed E-state index contributed by atoms with van der Waals surface area (Å²) in [6, 6.07) is 7.58. The number of carbonyl (C=O) groups excluding carboxylic acids is 1. The molecule has 0 bridgehead atoms. The van der Waals surface area contributed by atoms with Gasteiger partial charge in [-0.2, -0.15) is 0 Å². The molecule has 0 aliphatic rings. The summed E-state index contributed by atoms with van der Waals surface area (Å²) in [5, 5.41) is 2.91. The number of aromatic nitrogens is 2. The fourth-order valence-corrected chi connectivity index (χ4v) is 1.98. The topological polar surface area (TPSA) is 83.8 Å². The number of aromatic amines is 1. The summed E-state index contributed by atoms with van der Waals surface area (Å²) >= 11 is 0. The van der Waals surface area contributed by atoms with Gasteiger partial charge in [0.1, 0.15) is 5.82 Å². The number of nitrogens with two attached hydrogens (primary N) is 1. The fraction of sp³-hybridized carbons (Fsp3) is 0.286. The van der Waals surface area contributed by atoms with Gasteiger partial charge < -0.3 is 16.0 Å². The largest absolute Gasteiger partial charge is 0.347 e. The van der Waals surface area contributed by atoms with Crippen LogP contribution in [0.4, 0.5) is 0 Å². The highest BCUT2D eigenvalue weighted by Gasteiger charge is 2.12. The zero-order valence-electron chi connectivity index (χ0n) is 10.9. The van der Waals surface area contributed by atoms with E-state index in [2.05, 4.69) is 15.3 Å². The summed E-state index contributed by atoms with van der Waals surface area (Å²) in [7, 11) is 0. The fourth-order valence-electron chi connectivity index (χ4n) is 1.98. The minimum absolute atomic E-state index is 0.0372. The Morgan fingerprint density at radius 3 is 2.79 bits per heavy atom. The SMILES string of the molecule is CC(NC(=O)Cc1ccccc1CN)c1ncc[nH]1. The molecule has 1 aromatic heterocycles. The first kappa shape index (κ1) is 13.3. The van der Waals surface area contributed by atoms with E-state index in [0.29, 0.717) is 13.0 Å². The van der Waals surface area contributed by atoms with Crippen LogP contribution in [0.5, 0.6) is 0 Å². The average Bonchev–Trinajstić information content (AvgIpc) is 2.93. The number of hydrogen-bond donors (Lipinski definition) is 3. The Hall–Kier alpha value is -2.14. The van der Waals surface area contributed by atoms with Crippen molar-refractivity contribution in [3.05, 3.63) is 53.6 Å². The maximum atomic E-state index is 12.0. The highest BCUT2D eigenvalue weighted by Crippen LogP contribution is 2.10. The van der Waals surface area contributed by atoms with Crippen LogP contribution in [-0.2, 0) is 17.8 Å².